The number of hydrogen-bond donors (Lipinski definition) is 1. The van der Waals surface area contributed by atoms with Gasteiger partial charge in [-0.2, -0.15) is 0 Å². The van der Waals surface area contributed by atoms with Gasteiger partial charge >= 0.3 is 5.97 Å². The van der Waals surface area contributed by atoms with E-state index in [1.165, 1.54) is 32.8 Å². The Morgan fingerprint density at radius 3 is 3.17 bits per heavy atom. The summed E-state index contributed by atoms with van der Waals surface area (Å²) in [7, 11) is 3.51. The van der Waals surface area contributed by atoms with Crippen LogP contribution in [-0.2, 0) is 11.3 Å². The molecule has 1 atom stereocenters. The number of furan rings is 1. The van der Waals surface area contributed by atoms with Gasteiger partial charge in [0.25, 0.3) is 0 Å². The van der Waals surface area contributed by atoms with E-state index in [1.807, 2.05) is 0 Å². The van der Waals surface area contributed by atoms with Gasteiger partial charge in [0.1, 0.15) is 0 Å². The third-order valence-electron chi connectivity index (χ3n) is 3.48. The van der Waals surface area contributed by atoms with Crippen LogP contribution in [0.3, 0.4) is 0 Å². The van der Waals surface area contributed by atoms with Crippen LogP contribution in [0.25, 0.3) is 0 Å². The van der Waals surface area contributed by atoms with Gasteiger partial charge in [-0.25, -0.2) is 4.79 Å². The van der Waals surface area contributed by atoms with Crippen LogP contribution in [0, 0.1) is 0 Å². The van der Waals surface area contributed by atoms with Gasteiger partial charge in [0.15, 0.2) is 0 Å². The number of methoxy groups -OCH3 is 1. The summed E-state index contributed by atoms with van der Waals surface area (Å²) in [5.74, 6) is -0.125. The molecular formula is C13H20N2O3. The van der Waals surface area contributed by atoms with Gasteiger partial charge in [-0.15, -0.1) is 0 Å². The number of carbonyl (C=O) groups excluding carboxylic acids is 1. The zero-order valence-corrected chi connectivity index (χ0v) is 10.9. The van der Waals surface area contributed by atoms with Crippen molar-refractivity contribution in [3.63, 3.8) is 0 Å². The Balaban J connectivity index is 1.83. The van der Waals surface area contributed by atoms with E-state index in [2.05, 4.69) is 22.0 Å². The molecule has 5 nitrogen and oxygen atoms in total. The predicted octanol–water partition coefficient (Wildman–Crippen LogP) is 1.25. The molecule has 0 aliphatic carbocycles. The number of nitrogens with zero attached hydrogens (tertiary/aromatic N) is 1. The molecule has 1 aliphatic heterocycles. The first kappa shape index (κ1) is 13.1. The van der Waals surface area contributed by atoms with Crippen LogP contribution >= 0.6 is 0 Å². The lowest BCUT2D eigenvalue weighted by Gasteiger charge is -2.19. The molecule has 100 valence electrons. The van der Waals surface area contributed by atoms with Gasteiger partial charge in [0.05, 0.1) is 13.4 Å². The Morgan fingerprint density at radius 1 is 1.67 bits per heavy atom. The molecule has 1 aromatic rings. The Labute approximate surface area is 107 Å². The van der Waals surface area contributed by atoms with Crippen LogP contribution in [0.1, 0.15) is 29.0 Å². The minimum absolute atomic E-state index is 0.296. The van der Waals surface area contributed by atoms with Gasteiger partial charge in [-0.1, -0.05) is 0 Å². The maximum atomic E-state index is 11.4. The van der Waals surface area contributed by atoms with Crippen molar-refractivity contribution < 1.29 is 13.9 Å². The minimum Gasteiger partial charge on any atom is -0.463 e. The molecule has 1 aromatic heterocycles. The highest BCUT2D eigenvalue weighted by molar-refractivity contribution is 5.87. The second-order valence-electron chi connectivity index (χ2n) is 4.67. The Kier molecular flexibility index (Phi) is 4.38. The molecule has 1 aliphatic rings. The number of ether oxygens (including phenoxy) is 1. The molecule has 2 heterocycles. The second kappa shape index (κ2) is 6.02. The van der Waals surface area contributed by atoms with Crippen LogP contribution in [0.2, 0.25) is 0 Å². The second-order valence-corrected chi connectivity index (χ2v) is 4.67. The van der Waals surface area contributed by atoms with Crippen molar-refractivity contribution in [1.82, 2.24) is 10.2 Å². The highest BCUT2D eigenvalue weighted by Gasteiger charge is 2.21. The number of rotatable bonds is 5. The zero-order chi connectivity index (χ0) is 13.0. The fraction of sp³-hybridized carbons (Fsp3) is 0.615. The van der Waals surface area contributed by atoms with Gasteiger partial charge in [-0.3, -0.25) is 0 Å². The van der Waals surface area contributed by atoms with Crippen molar-refractivity contribution in [1.29, 1.82) is 0 Å². The van der Waals surface area contributed by atoms with Gasteiger partial charge in [0, 0.05) is 24.7 Å². The van der Waals surface area contributed by atoms with Crippen molar-refractivity contribution in [3.8, 4) is 0 Å². The lowest BCUT2D eigenvalue weighted by Crippen LogP contribution is -2.35. The Bertz CT molecular complexity index is 403. The van der Waals surface area contributed by atoms with Crippen molar-refractivity contribution in [3.05, 3.63) is 23.7 Å². The lowest BCUT2D eigenvalue weighted by molar-refractivity contribution is 0.0563. The van der Waals surface area contributed by atoms with E-state index in [1.54, 1.807) is 6.07 Å². The van der Waals surface area contributed by atoms with Crippen LogP contribution in [0.4, 0.5) is 0 Å². The number of carbonyl (C=O) groups is 1. The van der Waals surface area contributed by atoms with E-state index < -0.39 is 5.97 Å². The Hall–Kier alpha value is -1.33. The Morgan fingerprint density at radius 2 is 2.50 bits per heavy atom. The molecule has 2 rings (SSSR count). The highest BCUT2D eigenvalue weighted by Crippen LogP contribution is 2.15. The molecule has 0 aromatic carbocycles. The summed E-state index contributed by atoms with van der Waals surface area (Å²) in [6.45, 7) is 2.74. The average Bonchev–Trinajstić information content (AvgIpc) is 2.98. The molecule has 1 N–H and O–H groups in total. The summed E-state index contributed by atoms with van der Waals surface area (Å²) in [4.78, 5) is 13.8. The number of nitrogens with one attached hydrogen (secondary N) is 1. The zero-order valence-electron chi connectivity index (χ0n) is 10.9. The number of esters is 1. The largest absolute Gasteiger partial charge is 0.463 e. The van der Waals surface area contributed by atoms with Gasteiger partial charge in [0.2, 0.25) is 5.76 Å². The predicted molar refractivity (Wildman–Crippen MR) is 67.4 cm³/mol. The fourth-order valence-corrected chi connectivity index (χ4v) is 2.36. The van der Waals surface area contributed by atoms with Crippen LogP contribution < -0.4 is 5.32 Å². The van der Waals surface area contributed by atoms with E-state index >= 15 is 0 Å². The quantitative estimate of drug-likeness (QED) is 0.799. The smallest absolute Gasteiger partial charge is 0.374 e. The van der Waals surface area contributed by atoms with Crippen molar-refractivity contribution in [2.45, 2.75) is 25.4 Å². The van der Waals surface area contributed by atoms with E-state index in [4.69, 9.17) is 4.42 Å². The molecule has 0 amide bonds. The maximum absolute atomic E-state index is 11.4. The summed E-state index contributed by atoms with van der Waals surface area (Å²) < 4.78 is 9.80. The highest BCUT2D eigenvalue weighted by atomic mass is 16.5. The van der Waals surface area contributed by atoms with E-state index in [9.17, 15) is 4.79 Å². The first-order valence-corrected chi connectivity index (χ1v) is 6.28. The molecular weight excluding hydrogens is 232 g/mol. The van der Waals surface area contributed by atoms with Gasteiger partial charge < -0.3 is 19.4 Å². The third-order valence-corrected chi connectivity index (χ3v) is 3.48. The van der Waals surface area contributed by atoms with Crippen molar-refractivity contribution >= 4 is 5.97 Å². The number of likely N-dealkylation sites (N-methyl/N-ethyl adjacent to an activating group) is 1. The lowest BCUT2D eigenvalue weighted by atomic mass is 10.2. The van der Waals surface area contributed by atoms with E-state index in [0.29, 0.717) is 18.3 Å². The maximum Gasteiger partial charge on any atom is 0.374 e. The normalized spacial score (nSPS) is 20.2. The molecule has 5 heteroatoms. The molecule has 1 fully saturated rings. The molecule has 0 spiro atoms. The SMILES string of the molecule is COC(=O)c1occc1CNCC1CCCN1C. The molecule has 1 saturated heterocycles. The average molecular weight is 252 g/mol. The standard InChI is InChI=1S/C13H20N2O3/c1-15-6-3-4-11(15)9-14-8-10-5-7-18-12(10)13(16)17-2/h5,7,11,14H,3-4,6,8-9H2,1-2H3. The van der Waals surface area contributed by atoms with E-state index in [-0.39, 0.29) is 0 Å². The van der Waals surface area contributed by atoms with E-state index in [0.717, 1.165) is 12.1 Å². The minimum atomic E-state index is -0.421. The third kappa shape index (κ3) is 2.91. The summed E-state index contributed by atoms with van der Waals surface area (Å²) in [5, 5.41) is 3.37. The first-order valence-electron chi connectivity index (χ1n) is 6.28. The molecule has 0 saturated carbocycles. The number of likely N-dealkylation sites (tertiary alicyclic amines) is 1. The summed E-state index contributed by atoms with van der Waals surface area (Å²) in [6.07, 6.45) is 4.02. The summed E-state index contributed by atoms with van der Waals surface area (Å²) in [6, 6.07) is 2.40. The van der Waals surface area contributed by atoms with Crippen molar-refractivity contribution in [2.75, 3.05) is 27.2 Å². The monoisotopic (exact) mass is 252 g/mol. The van der Waals surface area contributed by atoms with Gasteiger partial charge in [-0.05, 0) is 32.5 Å². The molecule has 0 radical (unpaired) electrons. The van der Waals surface area contributed by atoms with Crippen molar-refractivity contribution in [2.24, 2.45) is 0 Å². The topological polar surface area (TPSA) is 54.7 Å². The molecule has 0 bridgehead atoms. The van der Waals surface area contributed by atoms with Crippen LogP contribution in [0.15, 0.2) is 16.7 Å². The first-order chi connectivity index (χ1) is 8.72. The number of hydrogen-bond acceptors (Lipinski definition) is 5. The van der Waals surface area contributed by atoms with Crippen LogP contribution in [-0.4, -0.2) is 44.2 Å². The molecule has 1 unspecified atom stereocenters. The van der Waals surface area contributed by atoms with Crippen LogP contribution in [0.5, 0.6) is 0 Å². The molecule has 18 heavy (non-hydrogen) atoms. The fourth-order valence-electron chi connectivity index (χ4n) is 2.36. The summed E-state index contributed by atoms with van der Waals surface area (Å²) in [5.41, 5.74) is 0.850. The summed E-state index contributed by atoms with van der Waals surface area (Å²) >= 11 is 0.